The van der Waals surface area contributed by atoms with Crippen molar-refractivity contribution < 1.29 is 32.6 Å². The van der Waals surface area contributed by atoms with Crippen LogP contribution in [0.4, 0.5) is 13.2 Å². The lowest BCUT2D eigenvalue weighted by Crippen LogP contribution is -2.28. The summed E-state index contributed by atoms with van der Waals surface area (Å²) in [6.07, 6.45) is -2.67. The van der Waals surface area contributed by atoms with Crippen LogP contribution in [0, 0.1) is 5.82 Å². The lowest BCUT2D eigenvalue weighted by atomic mass is 10.2. The minimum atomic E-state index is -2.67. The molecule has 0 unspecified atom stereocenters. The van der Waals surface area contributed by atoms with Gasteiger partial charge < -0.3 is 20.5 Å². The molecule has 0 radical (unpaired) electrons. The van der Waals surface area contributed by atoms with Crippen LogP contribution in [0.1, 0.15) is 26.5 Å². The molecule has 12 heteroatoms. The molecule has 0 aliphatic rings. The molecule has 33 heavy (non-hydrogen) atoms. The first-order valence-corrected chi connectivity index (χ1v) is 9.78. The molecule has 0 spiro atoms. The Kier molecular flexibility index (Phi) is 7.97. The van der Waals surface area contributed by atoms with E-state index < -0.39 is 30.6 Å². The van der Waals surface area contributed by atoms with Crippen molar-refractivity contribution in [2.75, 3.05) is 19.7 Å². The number of ether oxygens (including phenoxy) is 1. The van der Waals surface area contributed by atoms with Crippen molar-refractivity contribution in [2.45, 2.75) is 13.0 Å². The van der Waals surface area contributed by atoms with Gasteiger partial charge in [-0.25, -0.2) is 17.9 Å². The maximum absolute atomic E-state index is 13.5. The molecule has 1 heterocycles. The second kappa shape index (κ2) is 11.1. The number of alkyl halides is 2. The third-order valence-electron chi connectivity index (χ3n) is 4.34. The first-order chi connectivity index (χ1) is 15.9. The Morgan fingerprint density at radius 3 is 2.52 bits per heavy atom. The fraction of sp³-hybridized carbons (Fsp3) is 0.238. The molecule has 0 aliphatic heterocycles. The van der Waals surface area contributed by atoms with Crippen molar-refractivity contribution in [3.63, 3.8) is 0 Å². The number of hydrogen-bond acceptors (Lipinski definition) is 6. The third kappa shape index (κ3) is 6.29. The van der Waals surface area contributed by atoms with E-state index in [-0.39, 0.29) is 42.5 Å². The average molecular weight is 463 g/mol. The van der Waals surface area contributed by atoms with E-state index >= 15 is 0 Å². The maximum Gasteiger partial charge on any atom is 0.274 e. The van der Waals surface area contributed by atoms with Crippen LogP contribution < -0.4 is 15.4 Å². The summed E-state index contributed by atoms with van der Waals surface area (Å²) in [4.78, 5) is 24.4. The normalized spacial score (nSPS) is 10.8. The van der Waals surface area contributed by atoms with E-state index in [1.807, 2.05) is 0 Å². The molecule has 174 valence electrons. The van der Waals surface area contributed by atoms with Gasteiger partial charge in [-0.15, -0.1) is 5.10 Å². The smallest absolute Gasteiger partial charge is 0.274 e. The van der Waals surface area contributed by atoms with Gasteiger partial charge in [0.25, 0.3) is 18.2 Å². The number of aliphatic hydroxyl groups excluding tert-OH is 1. The molecule has 0 bridgehead atoms. The summed E-state index contributed by atoms with van der Waals surface area (Å²) in [5.74, 6) is -1.55. The van der Waals surface area contributed by atoms with Crippen LogP contribution in [0.15, 0.2) is 48.5 Å². The Bertz CT molecular complexity index is 1110. The average Bonchev–Trinajstić information content (AvgIpc) is 3.23. The van der Waals surface area contributed by atoms with E-state index in [1.54, 1.807) is 0 Å². The van der Waals surface area contributed by atoms with Gasteiger partial charge in [-0.05, 0) is 36.4 Å². The standard InChI is InChI=1S/C21H20F3N5O4/c22-14-2-1-3-16(10-14)33-12-17-19(21(32)25-8-9-30)27-28-29(17)15-6-4-13(5-7-15)20(31)26-11-18(23)24/h1-7,10,18,30H,8-9,11-12H2,(H,25,32)(H,26,31). The number of halogens is 3. The Balaban J connectivity index is 1.86. The van der Waals surface area contributed by atoms with Gasteiger partial charge in [-0.3, -0.25) is 9.59 Å². The summed E-state index contributed by atoms with van der Waals surface area (Å²) in [5, 5.41) is 21.4. The highest BCUT2D eigenvalue weighted by Crippen LogP contribution is 2.19. The zero-order valence-electron chi connectivity index (χ0n) is 17.2. The number of aliphatic hydroxyl groups is 1. The van der Waals surface area contributed by atoms with Crippen molar-refractivity contribution in [3.8, 4) is 11.4 Å². The van der Waals surface area contributed by atoms with E-state index in [9.17, 15) is 22.8 Å². The van der Waals surface area contributed by atoms with E-state index in [4.69, 9.17) is 9.84 Å². The number of nitrogens with zero attached hydrogens (tertiary/aromatic N) is 3. The number of amides is 2. The second-order valence-corrected chi connectivity index (χ2v) is 6.67. The summed E-state index contributed by atoms with van der Waals surface area (Å²) in [6, 6.07) is 11.2. The zero-order valence-corrected chi connectivity index (χ0v) is 17.2. The minimum Gasteiger partial charge on any atom is -0.487 e. The van der Waals surface area contributed by atoms with Crippen LogP contribution in [0.25, 0.3) is 5.69 Å². The number of carbonyl (C=O) groups excluding carboxylic acids is 2. The van der Waals surface area contributed by atoms with Gasteiger partial charge in [0.1, 0.15) is 23.9 Å². The molecule has 0 atom stereocenters. The predicted molar refractivity (Wildman–Crippen MR) is 110 cm³/mol. The molecule has 1 aromatic heterocycles. The predicted octanol–water partition coefficient (Wildman–Crippen LogP) is 1.70. The molecule has 2 aromatic carbocycles. The largest absolute Gasteiger partial charge is 0.487 e. The van der Waals surface area contributed by atoms with Crippen molar-refractivity contribution in [2.24, 2.45) is 0 Å². The lowest BCUT2D eigenvalue weighted by molar-refractivity contribution is 0.0891. The van der Waals surface area contributed by atoms with E-state index in [0.717, 1.165) is 0 Å². The second-order valence-electron chi connectivity index (χ2n) is 6.67. The van der Waals surface area contributed by atoms with Crippen LogP contribution in [0.2, 0.25) is 0 Å². The number of carbonyl (C=O) groups is 2. The monoisotopic (exact) mass is 463 g/mol. The maximum atomic E-state index is 13.5. The molecule has 0 fully saturated rings. The van der Waals surface area contributed by atoms with Crippen molar-refractivity contribution in [1.82, 2.24) is 25.6 Å². The zero-order chi connectivity index (χ0) is 23.8. The number of hydrogen-bond donors (Lipinski definition) is 3. The highest BCUT2D eigenvalue weighted by Gasteiger charge is 2.21. The lowest BCUT2D eigenvalue weighted by Gasteiger charge is -2.11. The quantitative estimate of drug-likeness (QED) is 0.421. The molecule has 3 N–H and O–H groups in total. The minimum absolute atomic E-state index is 0.00167. The van der Waals surface area contributed by atoms with Gasteiger partial charge in [-0.2, -0.15) is 0 Å². The highest BCUT2D eigenvalue weighted by molar-refractivity contribution is 5.94. The van der Waals surface area contributed by atoms with Crippen molar-refractivity contribution in [1.29, 1.82) is 0 Å². The van der Waals surface area contributed by atoms with Crippen molar-refractivity contribution >= 4 is 11.8 Å². The van der Waals surface area contributed by atoms with Crippen molar-refractivity contribution in [3.05, 3.63) is 71.3 Å². The summed E-state index contributed by atoms with van der Waals surface area (Å²) < 4.78 is 44.9. The molecular weight excluding hydrogens is 443 g/mol. The number of rotatable bonds is 10. The van der Waals surface area contributed by atoms with Gasteiger partial charge in [0.05, 0.1) is 18.8 Å². The van der Waals surface area contributed by atoms with Crippen LogP contribution >= 0.6 is 0 Å². The van der Waals surface area contributed by atoms with Crippen LogP contribution in [-0.2, 0) is 6.61 Å². The van der Waals surface area contributed by atoms with Crippen LogP contribution in [0.5, 0.6) is 5.75 Å². The van der Waals surface area contributed by atoms with E-state index in [0.29, 0.717) is 5.69 Å². The van der Waals surface area contributed by atoms with E-state index in [1.165, 1.54) is 53.2 Å². The Morgan fingerprint density at radius 1 is 1.09 bits per heavy atom. The molecule has 9 nitrogen and oxygen atoms in total. The fourth-order valence-electron chi connectivity index (χ4n) is 2.80. The van der Waals surface area contributed by atoms with Gasteiger partial charge in [0.15, 0.2) is 5.69 Å². The van der Waals surface area contributed by atoms with Gasteiger partial charge in [0, 0.05) is 18.2 Å². The van der Waals surface area contributed by atoms with Gasteiger partial charge in [-0.1, -0.05) is 11.3 Å². The SMILES string of the molecule is O=C(NCC(F)F)c1ccc(-n2nnc(C(=O)NCCO)c2COc2cccc(F)c2)cc1. The third-order valence-corrected chi connectivity index (χ3v) is 4.34. The summed E-state index contributed by atoms with van der Waals surface area (Å²) in [5.41, 5.74) is 0.716. The summed E-state index contributed by atoms with van der Waals surface area (Å²) in [6.45, 7) is -1.24. The highest BCUT2D eigenvalue weighted by atomic mass is 19.3. The van der Waals surface area contributed by atoms with Gasteiger partial charge in [0.2, 0.25) is 0 Å². The van der Waals surface area contributed by atoms with Gasteiger partial charge >= 0.3 is 0 Å². The number of nitrogens with one attached hydrogen (secondary N) is 2. The fourth-order valence-corrected chi connectivity index (χ4v) is 2.80. The summed E-state index contributed by atoms with van der Waals surface area (Å²) >= 11 is 0. The Labute approximate surface area is 186 Å². The molecule has 0 saturated carbocycles. The molecule has 2 amide bonds. The molecule has 3 aromatic rings. The Morgan fingerprint density at radius 2 is 1.85 bits per heavy atom. The topological polar surface area (TPSA) is 118 Å². The first kappa shape index (κ1) is 23.7. The Hall–Kier alpha value is -3.93. The molecule has 3 rings (SSSR count). The van der Waals surface area contributed by atoms with Crippen LogP contribution in [-0.4, -0.2) is 58.0 Å². The molecular formula is C21H20F3N5O4. The number of aromatic nitrogens is 3. The molecule has 0 saturated heterocycles. The van der Waals surface area contributed by atoms with E-state index in [2.05, 4.69) is 20.9 Å². The molecule has 0 aliphatic carbocycles. The first-order valence-electron chi connectivity index (χ1n) is 9.78. The summed E-state index contributed by atoms with van der Waals surface area (Å²) in [7, 11) is 0. The number of benzene rings is 2. The van der Waals surface area contributed by atoms with Crippen LogP contribution in [0.3, 0.4) is 0 Å².